The molecule has 1 saturated heterocycles. The maximum atomic E-state index is 12.5. The molecule has 1 aliphatic heterocycles. The van der Waals surface area contributed by atoms with Crippen LogP contribution in [-0.2, 0) is 11.3 Å². The van der Waals surface area contributed by atoms with Crippen LogP contribution in [-0.4, -0.2) is 23.4 Å². The van der Waals surface area contributed by atoms with Crippen molar-refractivity contribution in [1.29, 1.82) is 0 Å². The average Bonchev–Trinajstić information content (AvgIpc) is 2.90. The van der Waals surface area contributed by atoms with Gasteiger partial charge in [0.2, 0.25) is 0 Å². The Hall–Kier alpha value is -2.86. The first-order valence-electron chi connectivity index (χ1n) is 7.99. The molecule has 0 aromatic heterocycles. The highest BCUT2D eigenvalue weighted by Crippen LogP contribution is 2.19. The van der Waals surface area contributed by atoms with E-state index in [2.05, 4.69) is 27.8 Å². The van der Waals surface area contributed by atoms with E-state index in [9.17, 15) is 9.59 Å². The zero-order valence-electron chi connectivity index (χ0n) is 13.9. The van der Waals surface area contributed by atoms with Crippen molar-refractivity contribution in [1.82, 2.24) is 10.2 Å². The molecule has 0 bridgehead atoms. The third kappa shape index (κ3) is 4.21. The molecule has 0 radical (unpaired) electrons. The Balaban J connectivity index is 1.72. The number of hydrogen-bond donors (Lipinski definition) is 1. The van der Waals surface area contributed by atoms with Gasteiger partial charge in [-0.15, -0.1) is 0 Å². The van der Waals surface area contributed by atoms with E-state index in [-0.39, 0.29) is 18.1 Å². The van der Waals surface area contributed by atoms with Crippen molar-refractivity contribution < 1.29 is 14.3 Å². The first-order valence-corrected chi connectivity index (χ1v) is 8.79. The van der Waals surface area contributed by atoms with Crippen LogP contribution in [0.1, 0.15) is 11.1 Å². The highest BCUT2D eigenvalue weighted by molar-refractivity contribution is 9.10. The van der Waals surface area contributed by atoms with Gasteiger partial charge in [-0.25, -0.2) is 4.79 Å². The summed E-state index contributed by atoms with van der Waals surface area (Å²) in [6.45, 7) is 4.26. The van der Waals surface area contributed by atoms with Gasteiger partial charge in [0.05, 0.1) is 6.54 Å². The first-order chi connectivity index (χ1) is 12.6. The van der Waals surface area contributed by atoms with E-state index in [0.717, 1.165) is 15.6 Å². The Morgan fingerprint density at radius 1 is 1.08 bits per heavy atom. The first kappa shape index (κ1) is 17.9. The predicted molar refractivity (Wildman–Crippen MR) is 103 cm³/mol. The molecule has 0 saturated carbocycles. The summed E-state index contributed by atoms with van der Waals surface area (Å²) in [6.07, 6.45) is 3.32. The largest absolute Gasteiger partial charge is 0.490 e. The van der Waals surface area contributed by atoms with Crippen LogP contribution in [0.25, 0.3) is 6.08 Å². The lowest BCUT2D eigenvalue weighted by atomic mass is 10.1. The number of carbonyl (C=O) groups excluding carboxylic acids is 2. The molecule has 0 atom stereocenters. The minimum atomic E-state index is -0.421. The summed E-state index contributed by atoms with van der Waals surface area (Å²) in [5, 5.41) is 2.63. The number of nitrogens with zero attached hydrogens (tertiary/aromatic N) is 1. The van der Waals surface area contributed by atoms with Crippen LogP contribution >= 0.6 is 15.9 Å². The molecule has 1 N–H and O–H groups in total. The van der Waals surface area contributed by atoms with Crippen LogP contribution in [0.5, 0.6) is 5.75 Å². The summed E-state index contributed by atoms with van der Waals surface area (Å²) in [5.74, 6) is 0.371. The van der Waals surface area contributed by atoms with Crippen molar-refractivity contribution in [2.24, 2.45) is 0 Å². The van der Waals surface area contributed by atoms with Crippen molar-refractivity contribution in [2.45, 2.75) is 6.54 Å². The number of imide groups is 1. The Bertz CT molecular complexity index is 858. The molecule has 2 aromatic carbocycles. The van der Waals surface area contributed by atoms with Crippen LogP contribution < -0.4 is 10.1 Å². The van der Waals surface area contributed by atoms with E-state index in [1.54, 1.807) is 24.3 Å². The number of rotatable bonds is 6. The Morgan fingerprint density at radius 2 is 1.77 bits per heavy atom. The van der Waals surface area contributed by atoms with Crippen molar-refractivity contribution in [3.63, 3.8) is 0 Å². The zero-order valence-corrected chi connectivity index (χ0v) is 15.5. The van der Waals surface area contributed by atoms with Crippen LogP contribution in [0.3, 0.4) is 0 Å². The van der Waals surface area contributed by atoms with E-state index < -0.39 is 6.03 Å². The Labute approximate surface area is 160 Å². The molecule has 5 nitrogen and oxygen atoms in total. The van der Waals surface area contributed by atoms with Crippen LogP contribution in [0.4, 0.5) is 4.79 Å². The minimum absolute atomic E-state index is 0.226. The van der Waals surface area contributed by atoms with E-state index >= 15 is 0 Å². The number of halogens is 1. The predicted octanol–water partition coefficient (Wildman–Crippen LogP) is 4.11. The van der Waals surface area contributed by atoms with Gasteiger partial charge in [-0.3, -0.25) is 9.69 Å². The molecule has 1 heterocycles. The fourth-order valence-electron chi connectivity index (χ4n) is 2.47. The van der Waals surface area contributed by atoms with Gasteiger partial charge in [0.1, 0.15) is 18.1 Å². The van der Waals surface area contributed by atoms with Gasteiger partial charge in [0, 0.05) is 4.47 Å². The molecule has 6 heteroatoms. The third-order valence-electron chi connectivity index (χ3n) is 3.78. The molecule has 0 aliphatic carbocycles. The molecular formula is C20H17BrN2O3. The SMILES string of the molecule is C=CCOc1ccc(/C=C2/NC(=O)N(Cc3ccc(Br)cc3)C2=O)cc1. The second kappa shape index (κ2) is 8.01. The van der Waals surface area contributed by atoms with E-state index in [0.29, 0.717) is 12.4 Å². The van der Waals surface area contributed by atoms with Gasteiger partial charge < -0.3 is 10.1 Å². The minimum Gasteiger partial charge on any atom is -0.490 e. The van der Waals surface area contributed by atoms with Crippen LogP contribution in [0.15, 0.2) is 71.4 Å². The van der Waals surface area contributed by atoms with Gasteiger partial charge in [-0.05, 0) is 41.5 Å². The second-order valence-corrected chi connectivity index (χ2v) is 6.59. The number of carbonyl (C=O) groups is 2. The van der Waals surface area contributed by atoms with Crippen molar-refractivity contribution in [3.05, 3.63) is 82.5 Å². The fraction of sp³-hybridized carbons (Fsp3) is 0.100. The molecule has 2 aromatic rings. The smallest absolute Gasteiger partial charge is 0.329 e. The topological polar surface area (TPSA) is 58.6 Å². The van der Waals surface area contributed by atoms with E-state index in [1.165, 1.54) is 4.90 Å². The number of ether oxygens (including phenoxy) is 1. The quantitative estimate of drug-likeness (QED) is 0.441. The molecule has 1 aliphatic rings. The van der Waals surface area contributed by atoms with Crippen LogP contribution in [0, 0.1) is 0 Å². The van der Waals surface area contributed by atoms with Gasteiger partial charge >= 0.3 is 6.03 Å². The zero-order chi connectivity index (χ0) is 18.5. The number of urea groups is 1. The molecular weight excluding hydrogens is 396 g/mol. The number of benzene rings is 2. The van der Waals surface area contributed by atoms with Gasteiger partial charge in [-0.1, -0.05) is 52.9 Å². The molecule has 26 heavy (non-hydrogen) atoms. The average molecular weight is 413 g/mol. The van der Waals surface area contributed by atoms with E-state index in [1.807, 2.05) is 36.4 Å². The van der Waals surface area contributed by atoms with Crippen molar-refractivity contribution in [2.75, 3.05) is 6.61 Å². The van der Waals surface area contributed by atoms with E-state index in [4.69, 9.17) is 4.74 Å². The maximum Gasteiger partial charge on any atom is 0.329 e. The lowest BCUT2D eigenvalue weighted by Crippen LogP contribution is -2.30. The summed E-state index contributed by atoms with van der Waals surface area (Å²) in [7, 11) is 0. The Kier molecular flexibility index (Phi) is 5.53. The summed E-state index contributed by atoms with van der Waals surface area (Å²) < 4.78 is 6.37. The highest BCUT2D eigenvalue weighted by Gasteiger charge is 2.33. The second-order valence-electron chi connectivity index (χ2n) is 5.67. The van der Waals surface area contributed by atoms with Gasteiger partial charge in [0.25, 0.3) is 5.91 Å². The van der Waals surface area contributed by atoms with Gasteiger partial charge in [0.15, 0.2) is 0 Å². The summed E-state index contributed by atoms with van der Waals surface area (Å²) >= 11 is 3.36. The molecule has 0 unspecified atom stereocenters. The maximum absolute atomic E-state index is 12.5. The van der Waals surface area contributed by atoms with Crippen LogP contribution in [0.2, 0.25) is 0 Å². The molecule has 3 rings (SSSR count). The van der Waals surface area contributed by atoms with Crippen molar-refractivity contribution in [3.8, 4) is 5.75 Å². The fourth-order valence-corrected chi connectivity index (χ4v) is 2.73. The summed E-state index contributed by atoms with van der Waals surface area (Å²) in [6, 6.07) is 14.3. The highest BCUT2D eigenvalue weighted by atomic mass is 79.9. The Morgan fingerprint density at radius 3 is 2.42 bits per heavy atom. The monoisotopic (exact) mass is 412 g/mol. The normalized spacial score (nSPS) is 15.3. The number of amides is 3. The molecule has 132 valence electrons. The molecule has 3 amide bonds. The molecule has 1 fully saturated rings. The van der Waals surface area contributed by atoms with Gasteiger partial charge in [-0.2, -0.15) is 0 Å². The standard InChI is InChI=1S/C20H17BrN2O3/c1-2-11-26-17-9-5-14(6-10-17)12-18-19(24)23(20(25)22-18)13-15-3-7-16(21)8-4-15/h2-10,12H,1,11,13H2,(H,22,25)/b18-12+. The lowest BCUT2D eigenvalue weighted by molar-refractivity contribution is -0.123. The molecule has 0 spiro atoms. The van der Waals surface area contributed by atoms with Crippen molar-refractivity contribution >= 4 is 33.9 Å². The third-order valence-corrected chi connectivity index (χ3v) is 4.30. The number of nitrogens with one attached hydrogen (secondary N) is 1. The lowest BCUT2D eigenvalue weighted by Gasteiger charge is -2.11. The summed E-state index contributed by atoms with van der Waals surface area (Å²) in [5.41, 5.74) is 1.93. The number of hydrogen-bond acceptors (Lipinski definition) is 3. The summed E-state index contributed by atoms with van der Waals surface area (Å²) in [4.78, 5) is 25.9.